The predicted octanol–water partition coefficient (Wildman–Crippen LogP) is 7.59. The van der Waals surface area contributed by atoms with Gasteiger partial charge in [-0.15, -0.1) is 0 Å². The van der Waals surface area contributed by atoms with Crippen LogP contribution in [0.1, 0.15) is 53.0 Å². The Morgan fingerprint density at radius 1 is 0.841 bits per heavy atom. The molecule has 0 radical (unpaired) electrons. The van der Waals surface area contributed by atoms with Gasteiger partial charge in [0.05, 0.1) is 30.4 Å². The highest BCUT2D eigenvalue weighted by Gasteiger charge is 2.44. The highest BCUT2D eigenvalue weighted by Crippen LogP contribution is 2.43. The number of hydrogen-bond acceptors (Lipinski definition) is 4. The van der Waals surface area contributed by atoms with Crippen LogP contribution in [-0.4, -0.2) is 48.2 Å². The van der Waals surface area contributed by atoms with E-state index in [9.17, 15) is 35.8 Å². The average molecular weight is 626 g/mol. The number of ether oxygens (including phenoxy) is 2. The van der Waals surface area contributed by atoms with Crippen molar-refractivity contribution < 1.29 is 45.3 Å². The molecule has 4 nitrogen and oxygen atoms in total. The van der Waals surface area contributed by atoms with E-state index < -0.39 is 47.6 Å². The predicted molar refractivity (Wildman–Crippen MR) is 149 cm³/mol. The molecule has 0 aromatic heterocycles. The molecule has 0 spiro atoms. The van der Waals surface area contributed by atoms with Gasteiger partial charge in [-0.3, -0.25) is 4.90 Å². The van der Waals surface area contributed by atoms with Crippen molar-refractivity contribution in [2.24, 2.45) is 5.92 Å². The van der Waals surface area contributed by atoms with E-state index in [1.807, 2.05) is 30.3 Å². The molecule has 5 unspecified atom stereocenters. The fourth-order valence-electron chi connectivity index (χ4n) is 6.42. The molecule has 0 bridgehead atoms. The van der Waals surface area contributed by atoms with Gasteiger partial charge in [0.2, 0.25) is 0 Å². The molecule has 1 N–H and O–H groups in total. The standard InChI is InChI=1S/C33H34F7NO3/c34-26-8-6-23(7-9-26)30-28(29-19-27(42)10-13-41(29)20-21-4-2-1-3-5-21)12-15-44-31(30)43-14-11-22-16-24(32(35,36)37)18-25(17-22)33(38,39)40/h1-9,16-18,27-31,42H,10-15,19-20H2. The molecular weight excluding hydrogens is 591 g/mol. The minimum absolute atomic E-state index is 0.0816. The van der Waals surface area contributed by atoms with Crippen LogP contribution in [0.4, 0.5) is 30.7 Å². The second-order valence-electron chi connectivity index (χ2n) is 11.5. The van der Waals surface area contributed by atoms with E-state index in [4.69, 9.17) is 9.47 Å². The Labute approximate surface area is 251 Å². The summed E-state index contributed by atoms with van der Waals surface area (Å²) in [4.78, 5) is 2.33. The molecule has 2 aliphatic heterocycles. The maximum absolute atomic E-state index is 13.9. The monoisotopic (exact) mass is 625 g/mol. The molecule has 0 amide bonds. The summed E-state index contributed by atoms with van der Waals surface area (Å²) in [6.45, 7) is 1.43. The first-order chi connectivity index (χ1) is 20.9. The van der Waals surface area contributed by atoms with Crippen molar-refractivity contribution in [3.63, 3.8) is 0 Å². The number of rotatable bonds is 8. The summed E-state index contributed by atoms with van der Waals surface area (Å²) in [6, 6.07) is 17.3. The van der Waals surface area contributed by atoms with Gasteiger partial charge < -0.3 is 14.6 Å². The van der Waals surface area contributed by atoms with Gasteiger partial charge in [0.25, 0.3) is 0 Å². The Morgan fingerprint density at radius 3 is 2.14 bits per heavy atom. The maximum Gasteiger partial charge on any atom is 0.416 e. The molecule has 3 aromatic carbocycles. The van der Waals surface area contributed by atoms with Gasteiger partial charge in [0.1, 0.15) is 5.82 Å². The van der Waals surface area contributed by atoms with Crippen LogP contribution >= 0.6 is 0 Å². The van der Waals surface area contributed by atoms with Crippen molar-refractivity contribution in [1.82, 2.24) is 4.90 Å². The molecular formula is C33H34F7NO3. The van der Waals surface area contributed by atoms with Crippen LogP contribution in [0.5, 0.6) is 0 Å². The number of halogens is 7. The molecule has 5 rings (SSSR count). The van der Waals surface area contributed by atoms with E-state index in [-0.39, 0.29) is 36.6 Å². The van der Waals surface area contributed by atoms with E-state index in [1.54, 1.807) is 12.1 Å². The normalized spacial score (nSPS) is 25.2. The first kappa shape index (κ1) is 32.4. The van der Waals surface area contributed by atoms with Crippen molar-refractivity contribution in [3.8, 4) is 0 Å². The Bertz CT molecular complexity index is 1330. The molecule has 2 saturated heterocycles. The quantitative estimate of drug-likeness (QED) is 0.262. The molecule has 0 saturated carbocycles. The zero-order valence-corrected chi connectivity index (χ0v) is 23.8. The van der Waals surface area contributed by atoms with Gasteiger partial charge in [-0.25, -0.2) is 4.39 Å². The van der Waals surface area contributed by atoms with Gasteiger partial charge in [0.15, 0.2) is 6.29 Å². The third-order valence-electron chi connectivity index (χ3n) is 8.52. The summed E-state index contributed by atoms with van der Waals surface area (Å²) >= 11 is 0. The molecule has 2 fully saturated rings. The molecule has 3 aromatic rings. The maximum atomic E-state index is 13.9. The third-order valence-corrected chi connectivity index (χ3v) is 8.52. The van der Waals surface area contributed by atoms with Crippen LogP contribution < -0.4 is 0 Å². The summed E-state index contributed by atoms with van der Waals surface area (Å²) < 4.78 is 106. The van der Waals surface area contributed by atoms with Crippen LogP contribution in [0.25, 0.3) is 0 Å². The smallest absolute Gasteiger partial charge is 0.393 e. The molecule has 5 atom stereocenters. The number of likely N-dealkylation sites (tertiary alicyclic amines) is 1. The second kappa shape index (κ2) is 13.6. The Kier molecular flexibility index (Phi) is 9.99. The topological polar surface area (TPSA) is 41.9 Å². The molecule has 2 aliphatic rings. The Balaban J connectivity index is 1.39. The highest BCUT2D eigenvalue weighted by molar-refractivity contribution is 5.34. The van der Waals surface area contributed by atoms with Gasteiger partial charge in [-0.2, -0.15) is 26.3 Å². The minimum atomic E-state index is -4.94. The van der Waals surface area contributed by atoms with E-state index in [0.29, 0.717) is 51.1 Å². The van der Waals surface area contributed by atoms with Crippen molar-refractivity contribution in [2.45, 2.75) is 68.9 Å². The number of nitrogens with zero attached hydrogens (tertiary/aromatic N) is 1. The van der Waals surface area contributed by atoms with Crippen molar-refractivity contribution in [1.29, 1.82) is 0 Å². The first-order valence-electron chi connectivity index (χ1n) is 14.6. The largest absolute Gasteiger partial charge is 0.416 e. The number of benzene rings is 3. The van der Waals surface area contributed by atoms with Gasteiger partial charge in [-0.05, 0) is 78.6 Å². The number of hydrogen-bond donors (Lipinski definition) is 1. The Hall–Kier alpha value is -2.99. The lowest BCUT2D eigenvalue weighted by Gasteiger charge is -2.48. The van der Waals surface area contributed by atoms with Crippen LogP contribution in [0.3, 0.4) is 0 Å². The lowest BCUT2D eigenvalue weighted by molar-refractivity contribution is -0.197. The molecule has 2 heterocycles. The second-order valence-corrected chi connectivity index (χ2v) is 11.5. The van der Waals surface area contributed by atoms with E-state index >= 15 is 0 Å². The SMILES string of the molecule is OC1CCN(Cc2ccccc2)C(C2CCOC(OCCc3cc(C(F)(F)F)cc(C(F)(F)F)c3)C2c2ccc(F)cc2)C1. The van der Waals surface area contributed by atoms with Gasteiger partial charge in [0, 0.05) is 25.0 Å². The lowest BCUT2D eigenvalue weighted by Crippen LogP contribution is -2.52. The van der Waals surface area contributed by atoms with Gasteiger partial charge in [-0.1, -0.05) is 42.5 Å². The molecule has 0 aliphatic carbocycles. The Morgan fingerprint density at radius 2 is 1.50 bits per heavy atom. The fourth-order valence-corrected chi connectivity index (χ4v) is 6.42. The number of aliphatic hydroxyl groups is 1. The number of piperidine rings is 1. The van der Waals surface area contributed by atoms with Crippen LogP contribution in [-0.2, 0) is 34.8 Å². The van der Waals surface area contributed by atoms with Crippen molar-refractivity contribution in [2.75, 3.05) is 19.8 Å². The van der Waals surface area contributed by atoms with Crippen molar-refractivity contribution in [3.05, 3.63) is 106 Å². The van der Waals surface area contributed by atoms with Crippen LogP contribution in [0.2, 0.25) is 0 Å². The molecule has 11 heteroatoms. The summed E-state index contributed by atoms with van der Waals surface area (Å²) in [5.41, 5.74) is -1.07. The average Bonchev–Trinajstić information content (AvgIpc) is 2.98. The van der Waals surface area contributed by atoms with E-state index in [2.05, 4.69) is 4.90 Å². The van der Waals surface area contributed by atoms with E-state index in [0.717, 1.165) is 11.1 Å². The number of aliphatic hydroxyl groups excluding tert-OH is 1. The zero-order valence-electron chi connectivity index (χ0n) is 23.8. The lowest BCUT2D eigenvalue weighted by atomic mass is 9.74. The van der Waals surface area contributed by atoms with E-state index in [1.165, 1.54) is 12.1 Å². The minimum Gasteiger partial charge on any atom is -0.393 e. The van der Waals surface area contributed by atoms with Crippen LogP contribution in [0, 0.1) is 11.7 Å². The first-order valence-corrected chi connectivity index (χ1v) is 14.6. The summed E-state index contributed by atoms with van der Waals surface area (Å²) in [5, 5.41) is 10.7. The summed E-state index contributed by atoms with van der Waals surface area (Å²) in [5.74, 6) is -0.947. The van der Waals surface area contributed by atoms with Crippen molar-refractivity contribution >= 4 is 0 Å². The molecule has 238 valence electrons. The fraction of sp³-hybridized carbons (Fsp3) is 0.455. The number of alkyl halides is 6. The third kappa shape index (κ3) is 7.99. The summed E-state index contributed by atoms with van der Waals surface area (Å²) in [7, 11) is 0. The molecule has 44 heavy (non-hydrogen) atoms. The van der Waals surface area contributed by atoms with Gasteiger partial charge >= 0.3 is 12.4 Å². The highest BCUT2D eigenvalue weighted by atomic mass is 19.4. The summed E-state index contributed by atoms with van der Waals surface area (Å²) in [6.07, 6.45) is -9.75. The zero-order chi connectivity index (χ0) is 31.5. The van der Waals surface area contributed by atoms with Crippen LogP contribution in [0.15, 0.2) is 72.8 Å².